The molecule has 0 spiro atoms. The van der Waals surface area contributed by atoms with Gasteiger partial charge in [0.25, 0.3) is 0 Å². The van der Waals surface area contributed by atoms with Gasteiger partial charge < -0.3 is 9.90 Å². The van der Waals surface area contributed by atoms with Crippen LogP contribution in [-0.4, -0.2) is 11.4 Å². The molecule has 1 aromatic carbocycles. The summed E-state index contributed by atoms with van der Waals surface area (Å²) >= 11 is 11.4. The fourth-order valence-electron chi connectivity index (χ4n) is 0.822. The van der Waals surface area contributed by atoms with Crippen LogP contribution in [0.3, 0.4) is 0 Å². The SMILES string of the molecule is O=CC(O)c1cccc(Cl)c1Cl. The third-order valence-corrected chi connectivity index (χ3v) is 2.26. The third-order valence-electron chi connectivity index (χ3n) is 1.43. The highest BCUT2D eigenvalue weighted by Crippen LogP contribution is 2.28. The van der Waals surface area contributed by atoms with Crippen LogP contribution in [0.1, 0.15) is 11.7 Å². The Labute approximate surface area is 79.7 Å². The van der Waals surface area contributed by atoms with E-state index in [1.807, 2.05) is 0 Å². The molecule has 0 fully saturated rings. The average Bonchev–Trinajstić information content (AvgIpc) is 2.08. The molecule has 0 saturated carbocycles. The number of halogens is 2. The van der Waals surface area contributed by atoms with E-state index in [1.54, 1.807) is 18.2 Å². The molecule has 0 aliphatic heterocycles. The zero-order valence-electron chi connectivity index (χ0n) is 6.00. The van der Waals surface area contributed by atoms with Crippen molar-refractivity contribution in [3.05, 3.63) is 33.8 Å². The lowest BCUT2D eigenvalue weighted by molar-refractivity contribution is -0.115. The van der Waals surface area contributed by atoms with Crippen LogP contribution < -0.4 is 0 Å². The molecule has 0 heterocycles. The smallest absolute Gasteiger partial charge is 0.153 e. The standard InChI is InChI=1S/C8H6Cl2O2/c9-6-3-1-2-5(8(6)10)7(12)4-11/h1-4,7,12H. The zero-order valence-corrected chi connectivity index (χ0v) is 7.51. The summed E-state index contributed by atoms with van der Waals surface area (Å²) in [5.74, 6) is 0. The molecule has 64 valence electrons. The summed E-state index contributed by atoms with van der Waals surface area (Å²) in [7, 11) is 0. The van der Waals surface area contributed by atoms with E-state index in [2.05, 4.69) is 0 Å². The topological polar surface area (TPSA) is 37.3 Å². The van der Waals surface area contributed by atoms with Crippen LogP contribution in [0.4, 0.5) is 0 Å². The molecule has 0 aliphatic rings. The number of hydrogen-bond acceptors (Lipinski definition) is 2. The van der Waals surface area contributed by atoms with Crippen LogP contribution >= 0.6 is 23.2 Å². The molecule has 1 N–H and O–H groups in total. The number of benzene rings is 1. The van der Waals surface area contributed by atoms with Crippen molar-refractivity contribution in [3.63, 3.8) is 0 Å². The minimum Gasteiger partial charge on any atom is -0.381 e. The van der Waals surface area contributed by atoms with Gasteiger partial charge in [-0.1, -0.05) is 35.3 Å². The number of carbonyl (C=O) groups excluding carboxylic acids is 1. The summed E-state index contributed by atoms with van der Waals surface area (Å²) in [5.41, 5.74) is 0.333. The highest BCUT2D eigenvalue weighted by atomic mass is 35.5. The molecule has 0 bridgehead atoms. The molecule has 0 amide bonds. The van der Waals surface area contributed by atoms with E-state index in [4.69, 9.17) is 28.3 Å². The second-order valence-electron chi connectivity index (χ2n) is 2.22. The lowest BCUT2D eigenvalue weighted by Gasteiger charge is -2.06. The lowest BCUT2D eigenvalue weighted by Crippen LogP contribution is -1.98. The lowest BCUT2D eigenvalue weighted by atomic mass is 10.1. The van der Waals surface area contributed by atoms with E-state index in [9.17, 15) is 4.79 Å². The van der Waals surface area contributed by atoms with Gasteiger partial charge in [0.2, 0.25) is 0 Å². The minimum absolute atomic E-state index is 0.221. The van der Waals surface area contributed by atoms with Crippen LogP contribution in [0.5, 0.6) is 0 Å². The molecular weight excluding hydrogens is 199 g/mol. The predicted octanol–water partition coefficient (Wildman–Crippen LogP) is 2.23. The van der Waals surface area contributed by atoms with Crippen molar-refractivity contribution >= 4 is 29.5 Å². The van der Waals surface area contributed by atoms with Gasteiger partial charge in [-0.2, -0.15) is 0 Å². The van der Waals surface area contributed by atoms with Gasteiger partial charge in [0.05, 0.1) is 10.0 Å². The van der Waals surface area contributed by atoms with Gasteiger partial charge in [-0.25, -0.2) is 0 Å². The Kier molecular flexibility index (Phi) is 3.09. The zero-order chi connectivity index (χ0) is 9.14. The molecule has 1 rings (SSSR count). The van der Waals surface area contributed by atoms with Crippen LogP contribution in [0.25, 0.3) is 0 Å². The van der Waals surface area contributed by atoms with E-state index in [-0.39, 0.29) is 5.02 Å². The van der Waals surface area contributed by atoms with Gasteiger partial charge in [0, 0.05) is 5.56 Å². The number of rotatable bonds is 2. The normalized spacial score (nSPS) is 12.6. The summed E-state index contributed by atoms with van der Waals surface area (Å²) in [5, 5.41) is 9.67. The van der Waals surface area contributed by atoms with Crippen molar-refractivity contribution < 1.29 is 9.90 Å². The highest BCUT2D eigenvalue weighted by molar-refractivity contribution is 6.42. The van der Waals surface area contributed by atoms with Gasteiger partial charge in [-0.05, 0) is 6.07 Å². The molecule has 0 aromatic heterocycles. The van der Waals surface area contributed by atoms with Crippen molar-refractivity contribution in [2.45, 2.75) is 6.10 Å². The van der Waals surface area contributed by atoms with Gasteiger partial charge in [0.1, 0.15) is 6.10 Å². The Morgan fingerprint density at radius 2 is 2.08 bits per heavy atom. The molecular formula is C8H6Cl2O2. The molecule has 0 saturated heterocycles. The fraction of sp³-hybridized carbons (Fsp3) is 0.125. The van der Waals surface area contributed by atoms with E-state index in [0.29, 0.717) is 16.9 Å². The molecule has 0 aliphatic carbocycles. The molecule has 0 radical (unpaired) electrons. The second kappa shape index (κ2) is 3.90. The van der Waals surface area contributed by atoms with E-state index >= 15 is 0 Å². The Morgan fingerprint density at radius 1 is 1.42 bits per heavy atom. The van der Waals surface area contributed by atoms with Crippen molar-refractivity contribution in [2.75, 3.05) is 0 Å². The maximum Gasteiger partial charge on any atom is 0.153 e. The summed E-state index contributed by atoms with van der Waals surface area (Å²) in [6.07, 6.45) is -0.798. The molecule has 12 heavy (non-hydrogen) atoms. The molecule has 1 atom stereocenters. The number of aldehydes is 1. The second-order valence-corrected chi connectivity index (χ2v) is 3.01. The Morgan fingerprint density at radius 3 is 2.67 bits per heavy atom. The number of hydrogen-bond donors (Lipinski definition) is 1. The summed E-state index contributed by atoms with van der Waals surface area (Å²) in [6.45, 7) is 0. The van der Waals surface area contributed by atoms with E-state index in [1.165, 1.54) is 0 Å². The summed E-state index contributed by atoms with van der Waals surface area (Å²) in [6, 6.07) is 4.76. The average molecular weight is 205 g/mol. The minimum atomic E-state index is -1.20. The Bertz CT molecular complexity index is 299. The van der Waals surface area contributed by atoms with Crippen LogP contribution in [0.15, 0.2) is 18.2 Å². The first-order valence-electron chi connectivity index (χ1n) is 3.24. The maximum atomic E-state index is 10.2. The Hall–Kier alpha value is -0.570. The monoisotopic (exact) mass is 204 g/mol. The van der Waals surface area contributed by atoms with Crippen LogP contribution in [0, 0.1) is 0 Å². The number of aliphatic hydroxyl groups excluding tert-OH is 1. The number of aliphatic hydroxyl groups is 1. The Balaban J connectivity index is 3.15. The molecule has 1 aromatic rings. The quantitative estimate of drug-likeness (QED) is 0.751. The first-order chi connectivity index (χ1) is 5.66. The fourth-order valence-corrected chi connectivity index (χ4v) is 1.24. The maximum absolute atomic E-state index is 10.2. The van der Waals surface area contributed by atoms with E-state index < -0.39 is 6.10 Å². The van der Waals surface area contributed by atoms with E-state index in [0.717, 1.165) is 0 Å². The molecule has 4 heteroatoms. The van der Waals surface area contributed by atoms with Crippen LogP contribution in [0.2, 0.25) is 10.0 Å². The largest absolute Gasteiger partial charge is 0.381 e. The van der Waals surface area contributed by atoms with Gasteiger partial charge in [-0.15, -0.1) is 0 Å². The summed E-state index contributed by atoms with van der Waals surface area (Å²) < 4.78 is 0. The van der Waals surface area contributed by atoms with Crippen LogP contribution in [-0.2, 0) is 4.79 Å². The predicted molar refractivity (Wildman–Crippen MR) is 47.5 cm³/mol. The molecule has 2 nitrogen and oxygen atoms in total. The van der Waals surface area contributed by atoms with Gasteiger partial charge >= 0.3 is 0 Å². The first kappa shape index (κ1) is 9.52. The summed E-state index contributed by atoms with van der Waals surface area (Å²) in [4.78, 5) is 10.2. The highest BCUT2D eigenvalue weighted by Gasteiger charge is 2.11. The number of carbonyl (C=O) groups is 1. The van der Waals surface area contributed by atoms with Crippen molar-refractivity contribution in [1.29, 1.82) is 0 Å². The van der Waals surface area contributed by atoms with Gasteiger partial charge in [0.15, 0.2) is 6.29 Å². The molecule has 1 unspecified atom stereocenters. The van der Waals surface area contributed by atoms with Crippen molar-refractivity contribution in [2.24, 2.45) is 0 Å². The van der Waals surface area contributed by atoms with Gasteiger partial charge in [-0.3, -0.25) is 0 Å². The van der Waals surface area contributed by atoms with Crippen molar-refractivity contribution in [3.8, 4) is 0 Å². The van der Waals surface area contributed by atoms with Crippen molar-refractivity contribution in [1.82, 2.24) is 0 Å². The first-order valence-corrected chi connectivity index (χ1v) is 3.99. The third kappa shape index (κ3) is 1.78.